The number of Topliss-reactive ketones (excluding diaryl/α,β-unsaturated/α-hetero) is 1. The first kappa shape index (κ1) is 16.1. The molecule has 6 heteroatoms. The Bertz CT molecular complexity index is 602. The van der Waals surface area contributed by atoms with Gasteiger partial charge in [0.2, 0.25) is 5.91 Å². The molecule has 0 aliphatic carbocycles. The number of carbonyl (C=O) groups excluding carboxylic acids is 2. The van der Waals surface area contributed by atoms with Crippen molar-refractivity contribution < 1.29 is 23.9 Å². The van der Waals surface area contributed by atoms with E-state index in [1.807, 2.05) is 0 Å². The van der Waals surface area contributed by atoms with Gasteiger partial charge in [-0.05, 0) is 25.0 Å². The van der Waals surface area contributed by atoms with Gasteiger partial charge in [0.05, 0.1) is 0 Å². The van der Waals surface area contributed by atoms with Gasteiger partial charge in [-0.3, -0.25) is 9.59 Å². The molecule has 1 aromatic carbocycles. The van der Waals surface area contributed by atoms with Crippen LogP contribution in [-0.4, -0.2) is 40.3 Å². The van der Waals surface area contributed by atoms with Gasteiger partial charge >= 0.3 is 5.97 Å². The van der Waals surface area contributed by atoms with Crippen LogP contribution in [0.2, 0.25) is 0 Å². The van der Waals surface area contributed by atoms with Crippen molar-refractivity contribution in [3.63, 3.8) is 0 Å². The molecule has 1 aromatic rings. The van der Waals surface area contributed by atoms with Gasteiger partial charge in [0, 0.05) is 24.4 Å². The van der Waals surface area contributed by atoms with Gasteiger partial charge in [-0.1, -0.05) is 19.1 Å². The monoisotopic (exact) mass is 307 g/mol. The Morgan fingerprint density at radius 3 is 2.77 bits per heavy atom. The summed E-state index contributed by atoms with van der Waals surface area (Å²) in [6.45, 7) is 1.99. The lowest BCUT2D eigenvalue weighted by atomic mass is 9.95. The van der Waals surface area contributed by atoms with Crippen molar-refractivity contribution >= 4 is 17.7 Å². The van der Waals surface area contributed by atoms with E-state index in [9.17, 15) is 18.8 Å². The number of hydrogen-bond donors (Lipinski definition) is 1. The molecule has 0 aromatic heterocycles. The summed E-state index contributed by atoms with van der Waals surface area (Å²) < 4.78 is 13.1. The predicted octanol–water partition coefficient (Wildman–Crippen LogP) is 2.11. The van der Waals surface area contributed by atoms with Crippen molar-refractivity contribution in [2.45, 2.75) is 32.2 Å². The molecule has 0 saturated carbocycles. The van der Waals surface area contributed by atoms with Gasteiger partial charge in [0.15, 0.2) is 5.78 Å². The van der Waals surface area contributed by atoms with Gasteiger partial charge in [0.1, 0.15) is 11.9 Å². The van der Waals surface area contributed by atoms with Crippen LogP contribution in [0.15, 0.2) is 24.3 Å². The number of carbonyl (C=O) groups is 3. The molecule has 2 unspecified atom stereocenters. The molecule has 1 amide bonds. The van der Waals surface area contributed by atoms with Crippen molar-refractivity contribution in [1.82, 2.24) is 4.90 Å². The summed E-state index contributed by atoms with van der Waals surface area (Å²) >= 11 is 0. The average molecular weight is 307 g/mol. The van der Waals surface area contributed by atoms with E-state index in [1.165, 1.54) is 23.1 Å². The van der Waals surface area contributed by atoms with Gasteiger partial charge in [-0.2, -0.15) is 0 Å². The van der Waals surface area contributed by atoms with Gasteiger partial charge in [-0.15, -0.1) is 0 Å². The smallest absolute Gasteiger partial charge is 0.326 e. The number of aliphatic carboxylic acids is 1. The molecule has 0 bridgehead atoms. The van der Waals surface area contributed by atoms with E-state index in [0.717, 1.165) is 6.07 Å². The predicted molar refractivity (Wildman–Crippen MR) is 76.9 cm³/mol. The number of ketones is 1. The van der Waals surface area contributed by atoms with Crippen molar-refractivity contribution in [2.24, 2.45) is 5.92 Å². The first-order valence-electron chi connectivity index (χ1n) is 7.22. The fourth-order valence-electron chi connectivity index (χ4n) is 2.72. The number of amides is 1. The summed E-state index contributed by atoms with van der Waals surface area (Å²) in [7, 11) is 0. The van der Waals surface area contributed by atoms with Crippen LogP contribution < -0.4 is 0 Å². The molecular weight excluding hydrogens is 289 g/mol. The molecule has 1 aliphatic heterocycles. The minimum atomic E-state index is -1.02. The summed E-state index contributed by atoms with van der Waals surface area (Å²) in [5.74, 6) is -2.81. The zero-order valence-corrected chi connectivity index (χ0v) is 12.3. The second kappa shape index (κ2) is 6.68. The van der Waals surface area contributed by atoms with Crippen molar-refractivity contribution in [1.29, 1.82) is 0 Å². The number of halogens is 1. The fraction of sp³-hybridized carbons (Fsp3) is 0.438. The van der Waals surface area contributed by atoms with Crippen LogP contribution >= 0.6 is 0 Å². The number of benzene rings is 1. The van der Waals surface area contributed by atoms with E-state index in [0.29, 0.717) is 19.4 Å². The first-order chi connectivity index (χ1) is 10.4. The molecule has 22 heavy (non-hydrogen) atoms. The van der Waals surface area contributed by atoms with Crippen LogP contribution in [0.3, 0.4) is 0 Å². The van der Waals surface area contributed by atoms with Crippen LogP contribution in [0, 0.1) is 11.7 Å². The molecule has 5 nitrogen and oxygen atoms in total. The van der Waals surface area contributed by atoms with Crippen LogP contribution in [0.1, 0.15) is 36.5 Å². The number of hydrogen-bond acceptors (Lipinski definition) is 3. The normalized spacial score (nSPS) is 19.0. The SMILES string of the molecule is CC(CC(=O)N1CCCC1C(=O)O)C(=O)c1cccc(F)c1. The zero-order valence-electron chi connectivity index (χ0n) is 12.3. The standard InChI is InChI=1S/C16H18FNO4/c1-10(15(20)11-4-2-5-12(17)9-11)8-14(19)18-7-3-6-13(18)16(21)22/h2,4-5,9-10,13H,3,6-8H2,1H3,(H,21,22). The maximum absolute atomic E-state index is 13.1. The lowest BCUT2D eigenvalue weighted by Gasteiger charge is -2.22. The number of carboxylic acids is 1. The van der Waals surface area contributed by atoms with Gasteiger partial charge in [-0.25, -0.2) is 9.18 Å². The highest BCUT2D eigenvalue weighted by Gasteiger charge is 2.34. The Balaban J connectivity index is 2.02. The summed E-state index contributed by atoms with van der Waals surface area (Å²) in [4.78, 5) is 36.8. The zero-order chi connectivity index (χ0) is 16.3. The number of nitrogens with zero attached hydrogens (tertiary/aromatic N) is 1. The van der Waals surface area contributed by atoms with Crippen LogP contribution in [-0.2, 0) is 9.59 Å². The Morgan fingerprint density at radius 2 is 2.14 bits per heavy atom. The summed E-state index contributed by atoms with van der Waals surface area (Å²) in [6, 6.07) is 4.53. The average Bonchev–Trinajstić information content (AvgIpc) is 2.96. The third-order valence-corrected chi connectivity index (χ3v) is 3.90. The second-order valence-corrected chi connectivity index (χ2v) is 5.56. The Hall–Kier alpha value is -2.24. The van der Waals surface area contributed by atoms with E-state index in [-0.39, 0.29) is 23.7 Å². The summed E-state index contributed by atoms with van der Waals surface area (Å²) in [5, 5.41) is 9.08. The molecular formula is C16H18FNO4. The minimum Gasteiger partial charge on any atom is -0.480 e. The van der Waals surface area contributed by atoms with Crippen LogP contribution in [0.5, 0.6) is 0 Å². The number of rotatable bonds is 5. The lowest BCUT2D eigenvalue weighted by molar-refractivity contribution is -0.148. The Morgan fingerprint density at radius 1 is 1.41 bits per heavy atom. The van der Waals surface area contributed by atoms with E-state index >= 15 is 0 Å². The number of carboxylic acid groups (broad SMARTS) is 1. The molecule has 1 fully saturated rings. The van der Waals surface area contributed by atoms with E-state index in [1.54, 1.807) is 6.92 Å². The summed E-state index contributed by atoms with van der Waals surface area (Å²) in [6.07, 6.45) is 1.02. The largest absolute Gasteiger partial charge is 0.480 e. The maximum Gasteiger partial charge on any atom is 0.326 e. The van der Waals surface area contributed by atoms with E-state index < -0.39 is 23.7 Å². The molecule has 1 heterocycles. The van der Waals surface area contributed by atoms with Crippen LogP contribution in [0.4, 0.5) is 4.39 Å². The highest BCUT2D eigenvalue weighted by Crippen LogP contribution is 2.21. The molecule has 1 aliphatic rings. The maximum atomic E-state index is 13.1. The molecule has 1 saturated heterocycles. The quantitative estimate of drug-likeness (QED) is 0.845. The highest BCUT2D eigenvalue weighted by atomic mass is 19.1. The summed E-state index contributed by atoms with van der Waals surface area (Å²) in [5.41, 5.74) is 0.219. The Kier molecular flexibility index (Phi) is 4.90. The topological polar surface area (TPSA) is 74.7 Å². The highest BCUT2D eigenvalue weighted by molar-refractivity contribution is 5.99. The fourth-order valence-corrected chi connectivity index (χ4v) is 2.72. The lowest BCUT2D eigenvalue weighted by Crippen LogP contribution is -2.41. The van der Waals surface area contributed by atoms with Gasteiger partial charge < -0.3 is 10.0 Å². The third kappa shape index (κ3) is 3.50. The molecule has 2 atom stereocenters. The van der Waals surface area contributed by atoms with E-state index in [2.05, 4.69) is 0 Å². The molecule has 118 valence electrons. The van der Waals surface area contributed by atoms with Crippen LogP contribution in [0.25, 0.3) is 0 Å². The van der Waals surface area contributed by atoms with E-state index in [4.69, 9.17) is 5.11 Å². The molecule has 0 radical (unpaired) electrons. The second-order valence-electron chi connectivity index (χ2n) is 5.56. The first-order valence-corrected chi connectivity index (χ1v) is 7.22. The minimum absolute atomic E-state index is 0.0703. The molecule has 2 rings (SSSR count). The number of likely N-dealkylation sites (tertiary alicyclic amines) is 1. The van der Waals surface area contributed by atoms with Crippen molar-refractivity contribution in [3.05, 3.63) is 35.6 Å². The third-order valence-electron chi connectivity index (χ3n) is 3.90. The molecule has 0 spiro atoms. The van der Waals surface area contributed by atoms with Crippen molar-refractivity contribution in [3.8, 4) is 0 Å². The van der Waals surface area contributed by atoms with Gasteiger partial charge in [0.25, 0.3) is 0 Å². The van der Waals surface area contributed by atoms with Crippen molar-refractivity contribution in [2.75, 3.05) is 6.54 Å². The Labute approximate surface area is 127 Å². The molecule has 1 N–H and O–H groups in total.